The van der Waals surface area contributed by atoms with Gasteiger partial charge in [-0.05, 0) is 24.7 Å². The highest BCUT2D eigenvalue weighted by Crippen LogP contribution is 2.73. The van der Waals surface area contributed by atoms with Crippen molar-refractivity contribution in [3.05, 3.63) is 0 Å². The van der Waals surface area contributed by atoms with Crippen LogP contribution in [0, 0.1) is 16.2 Å². The summed E-state index contributed by atoms with van der Waals surface area (Å²) in [5, 5.41) is 10.7. The highest BCUT2D eigenvalue weighted by Gasteiger charge is 2.76. The lowest BCUT2D eigenvalue weighted by Crippen LogP contribution is -2.43. The number of alkyl halides is 1. The molecule has 1 N–H and O–H groups in total. The largest absolute Gasteiger partial charge is 0.392 e. The molecule has 0 aromatic carbocycles. The van der Waals surface area contributed by atoms with Crippen molar-refractivity contribution in [2.45, 2.75) is 58.3 Å². The summed E-state index contributed by atoms with van der Waals surface area (Å²) in [6.07, 6.45) is 3.87. The Bertz CT molecular complexity index is 330. The molecule has 5 atom stereocenters. The molecule has 3 fully saturated rings. The van der Waals surface area contributed by atoms with E-state index in [0.717, 1.165) is 23.7 Å². The quantitative estimate of drug-likeness (QED) is 0.589. The van der Waals surface area contributed by atoms with E-state index in [9.17, 15) is 5.11 Å². The number of hydrogen-bond acceptors (Lipinski definition) is 2. The highest BCUT2D eigenvalue weighted by molar-refractivity contribution is 14.1. The van der Waals surface area contributed by atoms with Crippen LogP contribution in [0.15, 0.2) is 0 Å². The zero-order valence-corrected chi connectivity index (χ0v) is 12.5. The van der Waals surface area contributed by atoms with Crippen LogP contribution in [0.4, 0.5) is 0 Å². The van der Waals surface area contributed by atoms with E-state index in [4.69, 9.17) is 4.74 Å². The van der Waals surface area contributed by atoms with Crippen LogP contribution in [0.5, 0.6) is 0 Å². The van der Waals surface area contributed by atoms with Crippen molar-refractivity contribution in [2.75, 3.05) is 4.43 Å². The fourth-order valence-corrected chi connectivity index (χ4v) is 5.27. The molecule has 0 aromatic rings. The number of ether oxygens (including phenoxy) is 1. The Kier molecular flexibility index (Phi) is 2.31. The fourth-order valence-electron chi connectivity index (χ4n) is 4.75. The topological polar surface area (TPSA) is 29.5 Å². The monoisotopic (exact) mass is 336 g/mol. The summed E-state index contributed by atoms with van der Waals surface area (Å²) in [4.78, 5) is 0. The minimum absolute atomic E-state index is 0.0634. The first-order valence-corrected chi connectivity index (χ1v) is 7.80. The average molecular weight is 336 g/mol. The summed E-state index contributed by atoms with van der Waals surface area (Å²) in [5.74, 6) is 0. The van der Waals surface area contributed by atoms with Crippen LogP contribution < -0.4 is 0 Å². The number of rotatable bonds is 1. The molecule has 2 saturated carbocycles. The summed E-state index contributed by atoms with van der Waals surface area (Å²) < 4.78 is 7.29. The maximum Gasteiger partial charge on any atom is 0.0718 e. The molecule has 3 aliphatic rings. The molecule has 0 aromatic heterocycles. The lowest BCUT2D eigenvalue weighted by Gasteiger charge is -2.44. The van der Waals surface area contributed by atoms with Gasteiger partial charge in [0.05, 0.1) is 18.3 Å². The van der Waals surface area contributed by atoms with E-state index in [1.807, 2.05) is 0 Å². The number of hydrogen-bond donors (Lipinski definition) is 1. The van der Waals surface area contributed by atoms with Crippen molar-refractivity contribution in [1.82, 2.24) is 0 Å². The first kappa shape index (κ1) is 11.7. The Morgan fingerprint density at radius 3 is 2.56 bits per heavy atom. The van der Waals surface area contributed by atoms with E-state index < -0.39 is 0 Å². The van der Waals surface area contributed by atoms with Crippen LogP contribution in [0.2, 0.25) is 0 Å². The van der Waals surface area contributed by atoms with Crippen molar-refractivity contribution in [2.24, 2.45) is 16.2 Å². The molecular formula is C13H21IO2. The van der Waals surface area contributed by atoms with Gasteiger partial charge in [0.15, 0.2) is 0 Å². The van der Waals surface area contributed by atoms with Gasteiger partial charge in [-0.2, -0.15) is 0 Å². The standard InChI is InChI=1S/C13H21IO2/c1-11(2)10-13(6-8(7-14)16-10)5-4-12(11,3)9(13)15/h8-10,15H,4-7H2,1-3H3/t8-,9-,10+,12-,13-/m0/s1. The van der Waals surface area contributed by atoms with Crippen molar-refractivity contribution >= 4 is 22.6 Å². The Morgan fingerprint density at radius 1 is 1.31 bits per heavy atom. The third kappa shape index (κ3) is 1.02. The molecule has 1 spiro atoms. The molecular weight excluding hydrogens is 315 g/mol. The lowest BCUT2D eigenvalue weighted by atomic mass is 9.63. The predicted octanol–water partition coefficient (Wildman–Crippen LogP) is 2.77. The average Bonchev–Trinajstić information content (AvgIpc) is 2.78. The zero-order valence-electron chi connectivity index (χ0n) is 10.3. The molecule has 1 aliphatic heterocycles. The van der Waals surface area contributed by atoms with Crippen LogP contribution in [0.3, 0.4) is 0 Å². The molecule has 3 heteroatoms. The molecule has 2 bridgehead atoms. The van der Waals surface area contributed by atoms with Crippen LogP contribution in [0.25, 0.3) is 0 Å². The predicted molar refractivity (Wildman–Crippen MR) is 71.7 cm³/mol. The van der Waals surface area contributed by atoms with E-state index in [-0.39, 0.29) is 28.5 Å². The fraction of sp³-hybridized carbons (Fsp3) is 1.00. The van der Waals surface area contributed by atoms with Crippen molar-refractivity contribution in [3.8, 4) is 0 Å². The van der Waals surface area contributed by atoms with Gasteiger partial charge in [-0.1, -0.05) is 43.4 Å². The van der Waals surface area contributed by atoms with E-state index in [0.29, 0.717) is 6.10 Å². The smallest absolute Gasteiger partial charge is 0.0718 e. The number of halogens is 1. The van der Waals surface area contributed by atoms with E-state index >= 15 is 0 Å². The van der Waals surface area contributed by atoms with Gasteiger partial charge in [0.1, 0.15) is 0 Å². The van der Waals surface area contributed by atoms with Crippen LogP contribution in [-0.2, 0) is 4.74 Å². The summed E-state index contributed by atoms with van der Waals surface area (Å²) in [5.41, 5.74) is 0.257. The third-order valence-electron chi connectivity index (χ3n) is 6.02. The van der Waals surface area contributed by atoms with Crippen LogP contribution >= 0.6 is 22.6 Å². The molecule has 1 saturated heterocycles. The Morgan fingerprint density at radius 2 is 2.00 bits per heavy atom. The molecule has 3 rings (SSSR count). The normalized spacial score (nSPS) is 57.9. The molecule has 2 nitrogen and oxygen atoms in total. The van der Waals surface area contributed by atoms with Crippen molar-refractivity contribution < 1.29 is 9.84 Å². The van der Waals surface area contributed by atoms with Crippen molar-refractivity contribution in [3.63, 3.8) is 0 Å². The second-order valence-corrected chi connectivity index (χ2v) is 7.65. The first-order valence-electron chi connectivity index (χ1n) is 6.28. The van der Waals surface area contributed by atoms with Gasteiger partial charge in [-0.3, -0.25) is 0 Å². The van der Waals surface area contributed by atoms with E-state index in [1.54, 1.807) is 0 Å². The second-order valence-electron chi connectivity index (χ2n) is 6.77. The van der Waals surface area contributed by atoms with E-state index in [1.165, 1.54) is 0 Å². The second kappa shape index (κ2) is 3.15. The van der Waals surface area contributed by atoms with Gasteiger partial charge in [0.2, 0.25) is 0 Å². The Balaban J connectivity index is 2.05. The van der Waals surface area contributed by atoms with Gasteiger partial charge in [-0.15, -0.1) is 0 Å². The van der Waals surface area contributed by atoms with Gasteiger partial charge in [0.25, 0.3) is 0 Å². The zero-order chi connectivity index (χ0) is 11.8. The Hall–Kier alpha value is 0.650. The lowest BCUT2D eigenvalue weighted by molar-refractivity contribution is -0.0776. The maximum absolute atomic E-state index is 10.7. The maximum atomic E-state index is 10.7. The minimum Gasteiger partial charge on any atom is -0.392 e. The molecule has 0 radical (unpaired) electrons. The summed E-state index contributed by atoms with van der Waals surface area (Å²) in [6.45, 7) is 6.84. The molecule has 16 heavy (non-hydrogen) atoms. The molecule has 2 aliphatic carbocycles. The summed E-state index contributed by atoms with van der Waals surface area (Å²) in [7, 11) is 0. The molecule has 1 heterocycles. The van der Waals surface area contributed by atoms with Crippen LogP contribution in [0.1, 0.15) is 40.0 Å². The minimum atomic E-state index is -0.159. The first-order chi connectivity index (χ1) is 7.38. The van der Waals surface area contributed by atoms with E-state index in [2.05, 4.69) is 43.4 Å². The molecule has 0 unspecified atom stereocenters. The molecule has 92 valence electrons. The number of aliphatic hydroxyl groups excluding tert-OH is 1. The van der Waals surface area contributed by atoms with Gasteiger partial charge in [-0.25, -0.2) is 0 Å². The van der Waals surface area contributed by atoms with Gasteiger partial charge < -0.3 is 9.84 Å². The number of aliphatic hydroxyl groups is 1. The van der Waals surface area contributed by atoms with Crippen molar-refractivity contribution in [1.29, 1.82) is 0 Å². The summed E-state index contributed by atoms with van der Waals surface area (Å²) >= 11 is 2.40. The molecule has 0 amide bonds. The summed E-state index contributed by atoms with van der Waals surface area (Å²) in [6, 6.07) is 0. The third-order valence-corrected chi connectivity index (χ3v) is 7.00. The van der Waals surface area contributed by atoms with Gasteiger partial charge >= 0.3 is 0 Å². The SMILES string of the molecule is CC1(C)[C@H]2O[C@H](CI)C[C@]23CC[C@@]1(C)[C@@H]3O. The van der Waals surface area contributed by atoms with Gasteiger partial charge in [0, 0.05) is 15.3 Å². The highest BCUT2D eigenvalue weighted by atomic mass is 127. The Labute approximate surface area is 111 Å². The number of fused-ring (bicyclic) bond motifs is 1. The van der Waals surface area contributed by atoms with Crippen LogP contribution in [-0.4, -0.2) is 27.8 Å².